The molecule has 0 aliphatic rings. The van der Waals surface area contributed by atoms with Gasteiger partial charge in [-0.1, -0.05) is 59.2 Å². The predicted molar refractivity (Wildman–Crippen MR) is 85.5 cm³/mol. The van der Waals surface area contributed by atoms with Crippen molar-refractivity contribution in [2.24, 2.45) is 5.10 Å². The molecule has 2 nitrogen and oxygen atoms in total. The Morgan fingerprint density at radius 3 is 1.89 bits per heavy atom. The lowest BCUT2D eigenvalue weighted by atomic mass is 10.2. The third-order valence-corrected chi connectivity index (χ3v) is 2.18. The molecular weight excluding hydrogens is 220 g/mol. The van der Waals surface area contributed by atoms with Crippen molar-refractivity contribution in [3.8, 4) is 0 Å². The van der Waals surface area contributed by atoms with Crippen molar-refractivity contribution in [2.75, 3.05) is 5.01 Å². The third kappa shape index (κ3) is 7.88. The second-order valence-corrected chi connectivity index (χ2v) is 3.79. The SMILES string of the molecule is C=NN(c1ccccc1)C(C)CC.CC.CCC. The molecule has 2 heteroatoms. The van der Waals surface area contributed by atoms with E-state index in [4.69, 9.17) is 0 Å². The van der Waals surface area contributed by atoms with Gasteiger partial charge in [-0.3, -0.25) is 5.01 Å². The Morgan fingerprint density at radius 2 is 1.56 bits per heavy atom. The van der Waals surface area contributed by atoms with Crippen LogP contribution in [0.1, 0.15) is 54.4 Å². The molecule has 0 bridgehead atoms. The van der Waals surface area contributed by atoms with Gasteiger partial charge in [-0.05, 0) is 25.5 Å². The fraction of sp³-hybridized carbons (Fsp3) is 0.562. The summed E-state index contributed by atoms with van der Waals surface area (Å²) < 4.78 is 0. The second kappa shape index (κ2) is 13.8. The Hall–Kier alpha value is -1.31. The van der Waals surface area contributed by atoms with E-state index >= 15 is 0 Å². The Morgan fingerprint density at radius 1 is 1.11 bits per heavy atom. The highest BCUT2D eigenvalue weighted by Gasteiger charge is 2.09. The van der Waals surface area contributed by atoms with E-state index in [1.807, 2.05) is 49.2 Å². The average Bonchev–Trinajstić information content (AvgIpc) is 2.43. The fourth-order valence-corrected chi connectivity index (χ4v) is 1.23. The molecule has 0 saturated carbocycles. The van der Waals surface area contributed by atoms with Gasteiger partial charge in [0, 0.05) is 12.8 Å². The summed E-state index contributed by atoms with van der Waals surface area (Å²) in [6.07, 6.45) is 2.31. The maximum atomic E-state index is 4.01. The number of hydrazone groups is 1. The summed E-state index contributed by atoms with van der Waals surface area (Å²) in [6, 6.07) is 10.5. The quantitative estimate of drug-likeness (QED) is 0.519. The molecule has 18 heavy (non-hydrogen) atoms. The topological polar surface area (TPSA) is 15.6 Å². The summed E-state index contributed by atoms with van der Waals surface area (Å²) in [5.41, 5.74) is 1.10. The van der Waals surface area contributed by atoms with Crippen molar-refractivity contribution in [1.82, 2.24) is 0 Å². The molecule has 0 aliphatic heterocycles. The minimum atomic E-state index is 0.403. The molecule has 1 aromatic carbocycles. The Labute approximate surface area is 114 Å². The lowest BCUT2D eigenvalue weighted by Crippen LogP contribution is -2.26. The van der Waals surface area contributed by atoms with Crippen molar-refractivity contribution in [3.05, 3.63) is 30.3 Å². The summed E-state index contributed by atoms with van der Waals surface area (Å²) in [6.45, 7) is 16.1. The molecule has 0 aliphatic carbocycles. The van der Waals surface area contributed by atoms with Gasteiger partial charge < -0.3 is 0 Å². The molecule has 1 aromatic rings. The summed E-state index contributed by atoms with van der Waals surface area (Å²) in [4.78, 5) is 0. The van der Waals surface area contributed by atoms with Gasteiger partial charge in [-0.2, -0.15) is 5.10 Å². The first kappa shape index (κ1) is 19.0. The van der Waals surface area contributed by atoms with Gasteiger partial charge >= 0.3 is 0 Å². The number of para-hydroxylation sites is 1. The fourth-order valence-electron chi connectivity index (χ4n) is 1.23. The molecule has 0 amide bonds. The first-order chi connectivity index (χ1) is 8.71. The van der Waals surface area contributed by atoms with E-state index in [-0.39, 0.29) is 0 Å². The number of anilines is 1. The average molecular weight is 250 g/mol. The maximum Gasteiger partial charge on any atom is 0.0596 e. The van der Waals surface area contributed by atoms with Crippen LogP contribution in [0, 0.1) is 0 Å². The van der Waals surface area contributed by atoms with Gasteiger partial charge in [0.1, 0.15) is 0 Å². The van der Waals surface area contributed by atoms with Crippen LogP contribution in [0.15, 0.2) is 35.4 Å². The van der Waals surface area contributed by atoms with E-state index in [1.54, 1.807) is 0 Å². The van der Waals surface area contributed by atoms with Crippen LogP contribution in [0.2, 0.25) is 0 Å². The molecule has 1 atom stereocenters. The third-order valence-electron chi connectivity index (χ3n) is 2.18. The summed E-state index contributed by atoms with van der Waals surface area (Å²) in [7, 11) is 0. The van der Waals surface area contributed by atoms with Crippen LogP contribution in [0.3, 0.4) is 0 Å². The van der Waals surface area contributed by atoms with Gasteiger partial charge in [0.25, 0.3) is 0 Å². The van der Waals surface area contributed by atoms with Crippen molar-refractivity contribution in [2.45, 2.75) is 60.4 Å². The minimum absolute atomic E-state index is 0.403. The van der Waals surface area contributed by atoms with Gasteiger partial charge in [0.05, 0.1) is 5.69 Å². The summed E-state index contributed by atoms with van der Waals surface area (Å²) in [5, 5.41) is 5.96. The molecule has 0 heterocycles. The van der Waals surface area contributed by atoms with Crippen molar-refractivity contribution in [1.29, 1.82) is 0 Å². The van der Waals surface area contributed by atoms with E-state index in [9.17, 15) is 0 Å². The first-order valence-electron chi connectivity index (χ1n) is 7.02. The summed E-state index contributed by atoms with van der Waals surface area (Å²) >= 11 is 0. The smallest absolute Gasteiger partial charge is 0.0596 e. The number of rotatable bonds is 4. The standard InChI is InChI=1S/C11H16N2.C3H8.C2H6/c1-4-10(2)13(12-3)11-8-6-5-7-9-11;1-3-2;1-2/h5-10H,3-4H2,1-2H3;3H2,1-2H3;1-2H3. The number of nitrogens with zero attached hydrogens (tertiary/aromatic N) is 2. The largest absolute Gasteiger partial charge is 0.263 e. The number of hydrogen-bond donors (Lipinski definition) is 0. The molecule has 0 radical (unpaired) electrons. The van der Waals surface area contributed by atoms with E-state index in [0.29, 0.717) is 6.04 Å². The maximum absolute atomic E-state index is 4.01. The minimum Gasteiger partial charge on any atom is -0.263 e. The van der Waals surface area contributed by atoms with Gasteiger partial charge in [0.2, 0.25) is 0 Å². The van der Waals surface area contributed by atoms with Crippen LogP contribution in [0.4, 0.5) is 5.69 Å². The zero-order valence-electron chi connectivity index (χ0n) is 13.0. The lowest BCUT2D eigenvalue weighted by Gasteiger charge is -2.24. The monoisotopic (exact) mass is 250 g/mol. The number of hydrogen-bond acceptors (Lipinski definition) is 2. The second-order valence-electron chi connectivity index (χ2n) is 3.79. The van der Waals surface area contributed by atoms with Gasteiger partial charge in [-0.25, -0.2) is 0 Å². The van der Waals surface area contributed by atoms with Gasteiger partial charge in [-0.15, -0.1) is 0 Å². The van der Waals surface area contributed by atoms with Crippen molar-refractivity contribution >= 4 is 12.4 Å². The highest BCUT2D eigenvalue weighted by atomic mass is 15.5. The van der Waals surface area contributed by atoms with E-state index < -0.39 is 0 Å². The summed E-state index contributed by atoms with van der Waals surface area (Å²) in [5.74, 6) is 0. The van der Waals surface area contributed by atoms with E-state index in [0.717, 1.165) is 12.1 Å². The van der Waals surface area contributed by atoms with Crippen LogP contribution in [-0.4, -0.2) is 12.8 Å². The molecule has 1 rings (SSSR count). The molecule has 1 unspecified atom stereocenters. The molecule has 0 saturated heterocycles. The van der Waals surface area contributed by atoms with Crippen molar-refractivity contribution in [3.63, 3.8) is 0 Å². The van der Waals surface area contributed by atoms with Crippen LogP contribution >= 0.6 is 0 Å². The normalized spacial score (nSPS) is 10.1. The first-order valence-corrected chi connectivity index (χ1v) is 7.02. The Balaban J connectivity index is 0. The van der Waals surface area contributed by atoms with E-state index in [2.05, 4.69) is 39.5 Å². The zero-order valence-corrected chi connectivity index (χ0v) is 13.0. The highest BCUT2D eigenvalue weighted by molar-refractivity contribution is 5.48. The predicted octanol–water partition coefficient (Wildman–Crippen LogP) is 5.35. The van der Waals surface area contributed by atoms with E-state index in [1.165, 1.54) is 6.42 Å². The highest BCUT2D eigenvalue weighted by Crippen LogP contribution is 2.17. The van der Waals surface area contributed by atoms with Crippen molar-refractivity contribution < 1.29 is 0 Å². The van der Waals surface area contributed by atoms with Gasteiger partial charge in [0.15, 0.2) is 0 Å². The Kier molecular flexibility index (Phi) is 14.5. The van der Waals surface area contributed by atoms with Crippen LogP contribution < -0.4 is 5.01 Å². The molecule has 104 valence electrons. The molecule has 0 aromatic heterocycles. The molecule has 0 N–H and O–H groups in total. The zero-order chi connectivity index (χ0) is 14.4. The Bertz CT molecular complexity index is 270. The van der Waals surface area contributed by atoms with Crippen LogP contribution in [-0.2, 0) is 0 Å². The molecule has 0 fully saturated rings. The van der Waals surface area contributed by atoms with Crippen LogP contribution in [0.25, 0.3) is 0 Å². The van der Waals surface area contributed by atoms with Crippen LogP contribution in [0.5, 0.6) is 0 Å². The number of benzene rings is 1. The lowest BCUT2D eigenvalue weighted by molar-refractivity contribution is 0.638. The molecule has 0 spiro atoms. The molecular formula is C16H30N2.